The SMILES string of the molecule is CC(C)(F)CN1CCC(COc2ccc(-c3ccc(C(O)N4CCC[C@H]4CON)nc3)cc2F)CC1. The Morgan fingerprint density at radius 3 is 2.50 bits per heavy atom. The standard InChI is InChI=1S/C27H38F2N4O3/c1-27(2,29)18-32-12-9-19(10-13-32)16-35-25-8-6-20(14-23(25)28)21-5-7-24(31-15-21)26(34)33-11-3-4-22(33)17-36-30/h5-8,14-15,19,22,26,34H,3-4,9-13,16-18,30H2,1-2H3/t22-,26?/m0/s1. The van der Waals surface area contributed by atoms with Crippen molar-refractivity contribution in [3.05, 3.63) is 48.0 Å². The zero-order chi connectivity index (χ0) is 25.7. The molecule has 198 valence electrons. The average Bonchev–Trinajstić information content (AvgIpc) is 3.31. The molecule has 9 heteroatoms. The number of hydrogen-bond donors (Lipinski definition) is 2. The first-order chi connectivity index (χ1) is 17.2. The molecule has 3 heterocycles. The van der Waals surface area contributed by atoms with Gasteiger partial charge in [0.25, 0.3) is 0 Å². The largest absolute Gasteiger partial charge is 0.490 e. The first kappa shape index (κ1) is 26.9. The summed E-state index contributed by atoms with van der Waals surface area (Å²) in [4.78, 5) is 13.3. The highest BCUT2D eigenvalue weighted by Gasteiger charge is 2.31. The van der Waals surface area contributed by atoms with Crippen molar-refractivity contribution >= 4 is 0 Å². The van der Waals surface area contributed by atoms with E-state index >= 15 is 0 Å². The molecule has 7 nitrogen and oxygen atoms in total. The Hall–Kier alpha value is -2.17. The van der Waals surface area contributed by atoms with E-state index in [0.29, 0.717) is 36.9 Å². The van der Waals surface area contributed by atoms with E-state index < -0.39 is 17.7 Å². The first-order valence-corrected chi connectivity index (χ1v) is 12.8. The minimum atomic E-state index is -1.19. The van der Waals surface area contributed by atoms with Gasteiger partial charge in [-0.2, -0.15) is 0 Å². The topological polar surface area (TPSA) is 84.1 Å². The number of hydrogen-bond acceptors (Lipinski definition) is 7. The molecule has 2 aliphatic heterocycles. The first-order valence-electron chi connectivity index (χ1n) is 12.8. The molecule has 1 aromatic heterocycles. The maximum Gasteiger partial charge on any atom is 0.165 e. The summed E-state index contributed by atoms with van der Waals surface area (Å²) in [7, 11) is 0. The molecular formula is C27H38F2N4O3. The summed E-state index contributed by atoms with van der Waals surface area (Å²) in [5.41, 5.74) is 0.777. The van der Waals surface area contributed by atoms with Crippen LogP contribution < -0.4 is 10.6 Å². The lowest BCUT2D eigenvalue weighted by molar-refractivity contribution is -0.0348. The molecule has 2 aliphatic rings. The molecule has 0 aliphatic carbocycles. The Kier molecular flexibility index (Phi) is 8.90. The Morgan fingerprint density at radius 2 is 1.86 bits per heavy atom. The summed E-state index contributed by atoms with van der Waals surface area (Å²) in [5.74, 6) is 5.36. The van der Waals surface area contributed by atoms with Crippen LogP contribution in [-0.2, 0) is 4.84 Å². The Bertz CT molecular complexity index is 978. The number of ether oxygens (including phenoxy) is 1. The molecule has 0 amide bonds. The Balaban J connectivity index is 1.31. The van der Waals surface area contributed by atoms with Gasteiger partial charge >= 0.3 is 0 Å². The lowest BCUT2D eigenvalue weighted by Crippen LogP contribution is -2.41. The van der Waals surface area contributed by atoms with Gasteiger partial charge in [-0.3, -0.25) is 9.88 Å². The number of aliphatic hydroxyl groups excluding tert-OH is 1. The van der Waals surface area contributed by atoms with Gasteiger partial charge < -0.3 is 19.6 Å². The minimum Gasteiger partial charge on any atom is -0.490 e. The van der Waals surface area contributed by atoms with E-state index in [1.807, 2.05) is 17.0 Å². The molecular weight excluding hydrogens is 466 g/mol. The van der Waals surface area contributed by atoms with E-state index in [4.69, 9.17) is 15.5 Å². The van der Waals surface area contributed by atoms with Gasteiger partial charge in [0.15, 0.2) is 17.8 Å². The van der Waals surface area contributed by atoms with E-state index in [1.54, 1.807) is 32.2 Å². The number of likely N-dealkylation sites (tertiary alicyclic amines) is 2. The van der Waals surface area contributed by atoms with Crippen molar-refractivity contribution in [2.75, 3.05) is 39.4 Å². The predicted molar refractivity (Wildman–Crippen MR) is 134 cm³/mol. The van der Waals surface area contributed by atoms with Crippen LogP contribution in [0.1, 0.15) is 51.5 Å². The van der Waals surface area contributed by atoms with Crippen molar-refractivity contribution in [3.8, 4) is 16.9 Å². The van der Waals surface area contributed by atoms with Crippen LogP contribution in [0.5, 0.6) is 5.75 Å². The average molecular weight is 505 g/mol. The van der Waals surface area contributed by atoms with Gasteiger partial charge in [-0.05, 0) is 82.3 Å². The molecule has 2 fully saturated rings. The van der Waals surface area contributed by atoms with Crippen LogP contribution in [0.15, 0.2) is 36.5 Å². The van der Waals surface area contributed by atoms with Crippen LogP contribution in [0.25, 0.3) is 11.1 Å². The second-order valence-electron chi connectivity index (χ2n) is 10.6. The van der Waals surface area contributed by atoms with Crippen LogP contribution in [-0.4, -0.2) is 71.0 Å². The summed E-state index contributed by atoms with van der Waals surface area (Å²) in [6.45, 7) is 6.87. The van der Waals surface area contributed by atoms with Crippen LogP contribution >= 0.6 is 0 Å². The second-order valence-corrected chi connectivity index (χ2v) is 10.6. The number of piperidine rings is 1. The van der Waals surface area contributed by atoms with Crippen molar-refractivity contribution in [1.82, 2.24) is 14.8 Å². The lowest BCUT2D eigenvalue weighted by Gasteiger charge is -2.34. The molecule has 2 saturated heterocycles. The molecule has 0 radical (unpaired) electrons. The van der Waals surface area contributed by atoms with E-state index in [1.165, 1.54) is 6.07 Å². The van der Waals surface area contributed by atoms with Crippen molar-refractivity contribution in [2.45, 2.75) is 57.5 Å². The van der Waals surface area contributed by atoms with Gasteiger partial charge in [-0.15, -0.1) is 0 Å². The molecule has 1 aromatic carbocycles. The molecule has 0 bridgehead atoms. The molecule has 2 aromatic rings. The lowest BCUT2D eigenvalue weighted by atomic mass is 9.97. The number of pyridine rings is 1. The van der Waals surface area contributed by atoms with E-state index in [-0.39, 0.29) is 11.8 Å². The molecule has 0 saturated carbocycles. The highest BCUT2D eigenvalue weighted by atomic mass is 19.1. The number of nitrogens with two attached hydrogens (primary N) is 1. The molecule has 3 N–H and O–H groups in total. The van der Waals surface area contributed by atoms with Gasteiger partial charge in [0, 0.05) is 30.9 Å². The quantitative estimate of drug-likeness (QED) is 0.472. The van der Waals surface area contributed by atoms with Crippen LogP contribution in [0.3, 0.4) is 0 Å². The van der Waals surface area contributed by atoms with E-state index in [0.717, 1.165) is 50.9 Å². The van der Waals surface area contributed by atoms with Gasteiger partial charge in [-0.1, -0.05) is 12.1 Å². The van der Waals surface area contributed by atoms with Crippen LogP contribution in [0.2, 0.25) is 0 Å². The fourth-order valence-electron chi connectivity index (χ4n) is 5.22. The third-order valence-electron chi connectivity index (χ3n) is 7.12. The number of nitrogens with zero attached hydrogens (tertiary/aromatic N) is 3. The monoisotopic (exact) mass is 504 g/mol. The van der Waals surface area contributed by atoms with Gasteiger partial charge in [0.1, 0.15) is 5.67 Å². The summed E-state index contributed by atoms with van der Waals surface area (Å²) >= 11 is 0. The molecule has 36 heavy (non-hydrogen) atoms. The van der Waals surface area contributed by atoms with Gasteiger partial charge in [-0.25, -0.2) is 14.7 Å². The fraction of sp³-hybridized carbons (Fsp3) is 0.593. The molecule has 2 atom stereocenters. The second kappa shape index (κ2) is 11.9. The maximum atomic E-state index is 14.8. The summed E-state index contributed by atoms with van der Waals surface area (Å²) in [6, 6.07) is 8.56. The van der Waals surface area contributed by atoms with E-state index in [2.05, 4.69) is 9.88 Å². The number of aliphatic hydroxyl groups is 1. The number of aromatic nitrogens is 1. The molecule has 0 spiro atoms. The number of alkyl halides is 1. The fourth-order valence-corrected chi connectivity index (χ4v) is 5.22. The number of benzene rings is 1. The summed E-state index contributed by atoms with van der Waals surface area (Å²) in [6.07, 6.45) is 4.51. The van der Waals surface area contributed by atoms with Gasteiger partial charge in [0.2, 0.25) is 0 Å². The third kappa shape index (κ3) is 6.98. The van der Waals surface area contributed by atoms with Gasteiger partial charge in [0.05, 0.1) is 18.9 Å². The van der Waals surface area contributed by atoms with Crippen LogP contribution in [0, 0.1) is 11.7 Å². The third-order valence-corrected chi connectivity index (χ3v) is 7.12. The highest BCUT2D eigenvalue weighted by molar-refractivity contribution is 5.63. The zero-order valence-electron chi connectivity index (χ0n) is 21.2. The van der Waals surface area contributed by atoms with Crippen molar-refractivity contribution in [1.29, 1.82) is 0 Å². The van der Waals surface area contributed by atoms with E-state index in [9.17, 15) is 13.9 Å². The Morgan fingerprint density at radius 1 is 1.11 bits per heavy atom. The van der Waals surface area contributed by atoms with Crippen LogP contribution in [0.4, 0.5) is 8.78 Å². The molecule has 1 unspecified atom stereocenters. The van der Waals surface area contributed by atoms with Crippen molar-refractivity contribution in [2.24, 2.45) is 11.8 Å². The number of rotatable bonds is 10. The normalized spacial score (nSPS) is 21.1. The molecule has 4 rings (SSSR count). The zero-order valence-corrected chi connectivity index (χ0v) is 21.2. The van der Waals surface area contributed by atoms with Crippen molar-refractivity contribution in [3.63, 3.8) is 0 Å². The maximum absolute atomic E-state index is 14.8. The van der Waals surface area contributed by atoms with Crippen molar-refractivity contribution < 1.29 is 23.5 Å². The smallest absolute Gasteiger partial charge is 0.165 e. The predicted octanol–water partition coefficient (Wildman–Crippen LogP) is 4.07. The number of halogens is 2. The highest BCUT2D eigenvalue weighted by Crippen LogP contribution is 2.30. The minimum absolute atomic E-state index is 0.0583. The Labute approximate surface area is 212 Å². The summed E-state index contributed by atoms with van der Waals surface area (Å²) < 4.78 is 34.5. The summed E-state index contributed by atoms with van der Waals surface area (Å²) in [5, 5.41) is 10.8.